The molecular weight excluding hydrogens is 222 g/mol. The molecule has 1 saturated carbocycles. The first-order valence-corrected chi connectivity index (χ1v) is 6.76. The molecule has 0 saturated heterocycles. The molecular formula is C13H18ClNO. The van der Waals surface area contributed by atoms with E-state index in [1.807, 2.05) is 0 Å². The zero-order valence-corrected chi connectivity index (χ0v) is 10.4. The minimum absolute atomic E-state index is 0.239. The van der Waals surface area contributed by atoms with Crippen LogP contribution >= 0.6 is 11.6 Å². The first-order valence-electron chi connectivity index (χ1n) is 6.32. The quantitative estimate of drug-likeness (QED) is 0.423. The number of nitrogens with zero attached hydrogens (tertiary/aromatic N) is 1. The molecule has 2 bridgehead atoms. The first-order chi connectivity index (χ1) is 7.74. The fourth-order valence-electron chi connectivity index (χ4n) is 4.25. The lowest BCUT2D eigenvalue weighted by atomic mass is 9.81. The van der Waals surface area contributed by atoms with Crippen molar-refractivity contribution in [1.82, 2.24) is 0 Å². The average molecular weight is 240 g/mol. The Bertz CT molecular complexity index is 372. The van der Waals surface area contributed by atoms with E-state index in [-0.39, 0.29) is 5.38 Å². The van der Waals surface area contributed by atoms with Gasteiger partial charge in [-0.3, -0.25) is 0 Å². The van der Waals surface area contributed by atoms with E-state index in [2.05, 4.69) is 12.1 Å². The van der Waals surface area contributed by atoms with E-state index < -0.39 is 0 Å². The van der Waals surface area contributed by atoms with Crippen LogP contribution < -0.4 is 0 Å². The van der Waals surface area contributed by atoms with E-state index in [4.69, 9.17) is 16.8 Å². The third-order valence-corrected chi connectivity index (χ3v) is 4.99. The summed E-state index contributed by atoms with van der Waals surface area (Å²) in [4.78, 5) is 0. The smallest absolute Gasteiger partial charge is 0.0830 e. The average Bonchev–Trinajstić information content (AvgIpc) is 2.84. The highest BCUT2D eigenvalue weighted by Gasteiger charge is 2.50. The molecule has 3 rings (SSSR count). The maximum Gasteiger partial charge on any atom is 0.0830 e. The molecule has 1 fully saturated rings. The van der Waals surface area contributed by atoms with Gasteiger partial charge in [0.1, 0.15) is 0 Å². The van der Waals surface area contributed by atoms with Crippen molar-refractivity contribution in [1.29, 1.82) is 0 Å². The SMILES string of the molecule is CC(Cl)[C@H]1[C@@H]2CC[C@H]1C1=C2/C(=N/O)CCC1. The van der Waals surface area contributed by atoms with Crippen LogP contribution in [0.4, 0.5) is 0 Å². The van der Waals surface area contributed by atoms with Gasteiger partial charge in [-0.1, -0.05) is 10.7 Å². The van der Waals surface area contributed by atoms with Crippen molar-refractivity contribution in [2.75, 3.05) is 0 Å². The molecule has 0 aromatic carbocycles. The summed E-state index contributed by atoms with van der Waals surface area (Å²) in [5, 5.41) is 12.9. The van der Waals surface area contributed by atoms with Crippen LogP contribution in [-0.2, 0) is 0 Å². The van der Waals surface area contributed by atoms with Crippen molar-refractivity contribution < 1.29 is 5.21 Å². The van der Waals surface area contributed by atoms with Gasteiger partial charge < -0.3 is 5.21 Å². The molecule has 2 nitrogen and oxygen atoms in total. The molecule has 16 heavy (non-hydrogen) atoms. The van der Waals surface area contributed by atoms with Gasteiger partial charge in [0.05, 0.1) is 5.71 Å². The molecule has 0 aliphatic heterocycles. The second kappa shape index (κ2) is 3.76. The third-order valence-electron chi connectivity index (χ3n) is 4.70. The standard InChI is InChI=1S/C13H18ClNO/c1-7(14)12-9-5-6-10(12)13-8(9)3-2-4-11(13)15-16/h7,9-10,12,16H,2-6H2,1H3/b15-11+/t7?,9-,10-,12+/m0/s1. The van der Waals surface area contributed by atoms with Crippen LogP contribution in [-0.4, -0.2) is 16.3 Å². The van der Waals surface area contributed by atoms with Crippen molar-refractivity contribution in [2.24, 2.45) is 22.9 Å². The van der Waals surface area contributed by atoms with Crippen LogP contribution in [0, 0.1) is 17.8 Å². The second-order valence-corrected chi connectivity index (χ2v) is 6.07. The van der Waals surface area contributed by atoms with Gasteiger partial charge in [0.15, 0.2) is 0 Å². The summed E-state index contributed by atoms with van der Waals surface area (Å²) >= 11 is 6.34. The summed E-state index contributed by atoms with van der Waals surface area (Å²) in [5.74, 6) is 1.87. The Hall–Kier alpha value is -0.500. The van der Waals surface area contributed by atoms with E-state index in [9.17, 15) is 0 Å². The van der Waals surface area contributed by atoms with Gasteiger partial charge in [-0.05, 0) is 62.4 Å². The van der Waals surface area contributed by atoms with E-state index >= 15 is 0 Å². The van der Waals surface area contributed by atoms with Gasteiger partial charge in [0, 0.05) is 5.38 Å². The zero-order valence-electron chi connectivity index (χ0n) is 9.62. The number of alkyl halides is 1. The number of fused-ring (bicyclic) bond motifs is 4. The number of oxime groups is 1. The molecule has 3 heteroatoms. The monoisotopic (exact) mass is 239 g/mol. The highest BCUT2D eigenvalue weighted by molar-refractivity contribution is 6.20. The summed E-state index contributed by atoms with van der Waals surface area (Å²) in [6.45, 7) is 2.12. The fourth-order valence-corrected chi connectivity index (χ4v) is 4.60. The molecule has 0 heterocycles. The van der Waals surface area contributed by atoms with Gasteiger partial charge in [0.25, 0.3) is 0 Å². The van der Waals surface area contributed by atoms with Crippen LogP contribution in [0.3, 0.4) is 0 Å². The first kappa shape index (κ1) is 10.6. The maximum absolute atomic E-state index is 9.11. The van der Waals surface area contributed by atoms with Crippen LogP contribution in [0.25, 0.3) is 0 Å². The Morgan fingerprint density at radius 3 is 2.75 bits per heavy atom. The summed E-state index contributed by atoms with van der Waals surface area (Å²) in [7, 11) is 0. The van der Waals surface area contributed by atoms with E-state index in [1.165, 1.54) is 24.8 Å². The molecule has 0 radical (unpaired) electrons. The van der Waals surface area contributed by atoms with Gasteiger partial charge in [-0.15, -0.1) is 11.6 Å². The lowest BCUT2D eigenvalue weighted by Crippen LogP contribution is -2.20. The summed E-state index contributed by atoms with van der Waals surface area (Å²) in [5.41, 5.74) is 3.92. The minimum atomic E-state index is 0.239. The van der Waals surface area contributed by atoms with Gasteiger partial charge in [-0.25, -0.2) is 0 Å². The van der Waals surface area contributed by atoms with E-state index in [1.54, 1.807) is 5.57 Å². The normalized spacial score (nSPS) is 41.6. The van der Waals surface area contributed by atoms with Crippen molar-refractivity contribution in [3.8, 4) is 0 Å². The Labute approximate surface area is 101 Å². The molecule has 1 unspecified atom stereocenters. The number of halogens is 1. The molecule has 0 aromatic rings. The zero-order chi connectivity index (χ0) is 11.3. The topological polar surface area (TPSA) is 32.6 Å². The number of hydrogen-bond donors (Lipinski definition) is 1. The van der Waals surface area contributed by atoms with Gasteiger partial charge >= 0.3 is 0 Å². The molecule has 3 aliphatic rings. The number of hydrogen-bond acceptors (Lipinski definition) is 2. The Morgan fingerprint density at radius 1 is 1.31 bits per heavy atom. The summed E-state index contributed by atoms with van der Waals surface area (Å²) in [6.07, 6.45) is 5.83. The minimum Gasteiger partial charge on any atom is -0.411 e. The second-order valence-electron chi connectivity index (χ2n) is 5.38. The lowest BCUT2D eigenvalue weighted by molar-refractivity contribution is 0.316. The molecule has 88 valence electrons. The highest BCUT2D eigenvalue weighted by Crippen LogP contribution is 2.57. The van der Waals surface area contributed by atoms with Gasteiger partial charge in [-0.2, -0.15) is 0 Å². The van der Waals surface area contributed by atoms with Crippen molar-refractivity contribution in [3.05, 3.63) is 11.1 Å². The highest BCUT2D eigenvalue weighted by atomic mass is 35.5. The van der Waals surface area contributed by atoms with Crippen LogP contribution in [0.2, 0.25) is 0 Å². The van der Waals surface area contributed by atoms with Crippen LogP contribution in [0.5, 0.6) is 0 Å². The molecule has 0 aromatic heterocycles. The largest absolute Gasteiger partial charge is 0.411 e. The summed E-state index contributed by atoms with van der Waals surface area (Å²) in [6, 6.07) is 0. The van der Waals surface area contributed by atoms with Crippen molar-refractivity contribution in [3.63, 3.8) is 0 Å². The van der Waals surface area contributed by atoms with Gasteiger partial charge in [0.2, 0.25) is 0 Å². The summed E-state index contributed by atoms with van der Waals surface area (Å²) < 4.78 is 0. The number of rotatable bonds is 1. The van der Waals surface area contributed by atoms with Crippen LogP contribution in [0.15, 0.2) is 16.3 Å². The van der Waals surface area contributed by atoms with E-state index in [0.29, 0.717) is 17.8 Å². The van der Waals surface area contributed by atoms with Crippen LogP contribution in [0.1, 0.15) is 39.0 Å². The number of allylic oxidation sites excluding steroid dienone is 2. The lowest BCUT2D eigenvalue weighted by Gasteiger charge is -2.24. The van der Waals surface area contributed by atoms with Crippen molar-refractivity contribution in [2.45, 2.75) is 44.4 Å². The Kier molecular flexibility index (Phi) is 2.50. The Balaban J connectivity index is 2.02. The predicted octanol–water partition coefficient (Wildman–Crippen LogP) is 3.58. The van der Waals surface area contributed by atoms with Crippen molar-refractivity contribution >= 4 is 17.3 Å². The molecule has 0 amide bonds. The predicted molar refractivity (Wildman–Crippen MR) is 65.1 cm³/mol. The van der Waals surface area contributed by atoms with E-state index in [0.717, 1.165) is 18.6 Å². The molecule has 0 spiro atoms. The molecule has 1 N–H and O–H groups in total. The molecule has 4 atom stereocenters. The maximum atomic E-state index is 9.11. The Morgan fingerprint density at radius 2 is 2.06 bits per heavy atom. The fraction of sp³-hybridized carbons (Fsp3) is 0.769. The molecule has 3 aliphatic carbocycles. The third kappa shape index (κ3) is 1.29.